The quantitative estimate of drug-likeness (QED) is 0.609. The zero-order chi connectivity index (χ0) is 19.1. The molecule has 0 spiro atoms. The minimum absolute atomic E-state index is 0.0198. The summed E-state index contributed by atoms with van der Waals surface area (Å²) in [5, 5.41) is 4.73. The number of allylic oxidation sites excluding steroid dienone is 2. The van der Waals surface area contributed by atoms with Crippen molar-refractivity contribution in [1.29, 1.82) is 0 Å². The highest BCUT2D eigenvalue weighted by atomic mass is 16.5. The highest BCUT2D eigenvalue weighted by Crippen LogP contribution is 2.40. The second-order valence-electron chi connectivity index (χ2n) is 7.56. The van der Waals surface area contributed by atoms with Crippen molar-refractivity contribution < 1.29 is 19.0 Å². The zero-order valence-corrected chi connectivity index (χ0v) is 16.6. The van der Waals surface area contributed by atoms with Gasteiger partial charge in [-0.15, -0.1) is 0 Å². The van der Waals surface area contributed by atoms with Gasteiger partial charge in [0.15, 0.2) is 6.29 Å². The molecule has 6 heteroatoms. The molecule has 1 atom stereocenters. The van der Waals surface area contributed by atoms with Gasteiger partial charge >= 0.3 is 0 Å². The van der Waals surface area contributed by atoms with Crippen molar-refractivity contribution >= 4 is 11.9 Å². The molecule has 2 heterocycles. The molecular formula is C21H32N2O4. The Morgan fingerprint density at radius 1 is 1.30 bits per heavy atom. The predicted octanol–water partition coefficient (Wildman–Crippen LogP) is 4.02. The van der Waals surface area contributed by atoms with Gasteiger partial charge in [0, 0.05) is 31.4 Å². The molecule has 1 aliphatic heterocycles. The molecule has 27 heavy (non-hydrogen) atoms. The number of rotatable bonds is 9. The molecule has 0 aromatic carbocycles. The van der Waals surface area contributed by atoms with E-state index in [-0.39, 0.29) is 11.6 Å². The lowest BCUT2D eigenvalue weighted by molar-refractivity contribution is -0.0395. The normalized spacial score (nSPS) is 22.4. The fourth-order valence-electron chi connectivity index (χ4n) is 3.92. The second kappa shape index (κ2) is 9.62. The van der Waals surface area contributed by atoms with Crippen LogP contribution in [-0.2, 0) is 14.2 Å². The Morgan fingerprint density at radius 3 is 2.63 bits per heavy atom. The first-order chi connectivity index (χ1) is 13.2. The van der Waals surface area contributed by atoms with Crippen LogP contribution in [0.5, 0.6) is 0 Å². The number of carbonyl (C=O) groups is 1. The average Bonchev–Trinajstić information content (AvgIpc) is 3.16. The van der Waals surface area contributed by atoms with E-state index in [0.717, 1.165) is 62.7 Å². The molecule has 0 bridgehead atoms. The van der Waals surface area contributed by atoms with Crippen LogP contribution in [0.3, 0.4) is 0 Å². The molecule has 1 fully saturated rings. The van der Waals surface area contributed by atoms with Crippen LogP contribution >= 0.6 is 0 Å². The van der Waals surface area contributed by atoms with Crippen molar-refractivity contribution in [2.45, 2.75) is 58.6 Å². The number of hydrogen-bond donors (Lipinski definition) is 0. The molecule has 0 saturated carbocycles. The zero-order valence-electron chi connectivity index (χ0n) is 16.6. The summed E-state index contributed by atoms with van der Waals surface area (Å²) in [4.78, 5) is 11.6. The van der Waals surface area contributed by atoms with Gasteiger partial charge in [-0.05, 0) is 57.9 Å². The van der Waals surface area contributed by atoms with Gasteiger partial charge in [0.1, 0.15) is 6.23 Å². The first-order valence-electron chi connectivity index (χ1n) is 10.2. The molecule has 0 N–H and O–H groups in total. The van der Waals surface area contributed by atoms with Gasteiger partial charge in [0.25, 0.3) is 0 Å². The first-order valence-corrected chi connectivity index (χ1v) is 10.2. The summed E-state index contributed by atoms with van der Waals surface area (Å²) in [6, 6.07) is 0. The van der Waals surface area contributed by atoms with Crippen LogP contribution in [-0.4, -0.2) is 49.1 Å². The summed E-state index contributed by atoms with van der Waals surface area (Å²) in [7, 11) is 0. The van der Waals surface area contributed by atoms with Crippen molar-refractivity contribution in [2.24, 2.45) is 5.41 Å². The average molecular weight is 376 g/mol. The van der Waals surface area contributed by atoms with E-state index in [4.69, 9.17) is 19.3 Å². The molecule has 2 aliphatic rings. The number of aldehydes is 1. The fourth-order valence-corrected chi connectivity index (χ4v) is 3.92. The van der Waals surface area contributed by atoms with Crippen molar-refractivity contribution in [2.75, 3.05) is 33.0 Å². The molecule has 0 amide bonds. The first kappa shape index (κ1) is 20.2. The highest BCUT2D eigenvalue weighted by molar-refractivity contribution is 5.84. The summed E-state index contributed by atoms with van der Waals surface area (Å²) in [6.45, 7) is 7.65. The van der Waals surface area contributed by atoms with Gasteiger partial charge < -0.3 is 14.2 Å². The standard InChI is InChI=1S/C21H32N2O4/c1-3-25-15-21(16-26-4-2)10-8-17(9-11-21)20-18(14-24)13-23(22-20)19-7-5-6-12-27-19/h8,13-14,19H,3-7,9-12,15-16H2,1-2H3. The van der Waals surface area contributed by atoms with E-state index < -0.39 is 0 Å². The molecule has 1 unspecified atom stereocenters. The third-order valence-electron chi connectivity index (χ3n) is 5.57. The van der Waals surface area contributed by atoms with Gasteiger partial charge in [0.2, 0.25) is 0 Å². The topological polar surface area (TPSA) is 62.6 Å². The van der Waals surface area contributed by atoms with Crippen LogP contribution in [0.1, 0.15) is 74.7 Å². The van der Waals surface area contributed by atoms with Crippen molar-refractivity contribution in [3.8, 4) is 0 Å². The number of nitrogens with zero attached hydrogens (tertiary/aromatic N) is 2. The Bertz CT molecular complexity index is 639. The Kier molecular flexibility index (Phi) is 7.21. The molecule has 150 valence electrons. The summed E-state index contributed by atoms with van der Waals surface area (Å²) < 4.78 is 19.1. The largest absolute Gasteiger partial charge is 0.381 e. The fraction of sp³-hybridized carbons (Fsp3) is 0.714. The summed E-state index contributed by atoms with van der Waals surface area (Å²) >= 11 is 0. The lowest BCUT2D eigenvalue weighted by atomic mass is 9.75. The van der Waals surface area contributed by atoms with Crippen molar-refractivity contribution in [1.82, 2.24) is 9.78 Å². The molecule has 6 nitrogen and oxygen atoms in total. The van der Waals surface area contributed by atoms with Crippen LogP contribution < -0.4 is 0 Å². The maximum atomic E-state index is 11.6. The van der Waals surface area contributed by atoms with Gasteiger partial charge in [-0.3, -0.25) is 4.79 Å². The smallest absolute Gasteiger partial charge is 0.153 e. The van der Waals surface area contributed by atoms with E-state index in [1.807, 2.05) is 24.7 Å². The van der Waals surface area contributed by atoms with Gasteiger partial charge in [-0.2, -0.15) is 5.10 Å². The maximum Gasteiger partial charge on any atom is 0.153 e. The van der Waals surface area contributed by atoms with Gasteiger partial charge in [-0.1, -0.05) is 6.08 Å². The number of hydrogen-bond acceptors (Lipinski definition) is 5. The summed E-state index contributed by atoms with van der Waals surface area (Å²) in [5.74, 6) is 0. The third-order valence-corrected chi connectivity index (χ3v) is 5.57. The number of carbonyl (C=O) groups excluding carboxylic acids is 1. The Labute approximate surface area is 161 Å². The van der Waals surface area contributed by atoms with Gasteiger partial charge in [0.05, 0.1) is 24.5 Å². The Balaban J connectivity index is 1.77. The minimum atomic E-state index is -0.0506. The molecule has 1 aromatic rings. The van der Waals surface area contributed by atoms with Crippen LogP contribution in [0.15, 0.2) is 12.3 Å². The van der Waals surface area contributed by atoms with E-state index in [2.05, 4.69) is 6.08 Å². The number of ether oxygens (including phenoxy) is 3. The minimum Gasteiger partial charge on any atom is -0.381 e. The lowest BCUT2D eigenvalue weighted by Crippen LogP contribution is -2.34. The highest BCUT2D eigenvalue weighted by Gasteiger charge is 2.34. The summed E-state index contributed by atoms with van der Waals surface area (Å²) in [6.07, 6.45) is 10.8. The van der Waals surface area contributed by atoms with Gasteiger partial charge in [-0.25, -0.2) is 4.68 Å². The predicted molar refractivity (Wildman–Crippen MR) is 104 cm³/mol. The molecule has 3 rings (SSSR count). The van der Waals surface area contributed by atoms with Crippen LogP contribution in [0.2, 0.25) is 0 Å². The van der Waals surface area contributed by atoms with E-state index >= 15 is 0 Å². The SMILES string of the molecule is CCOCC1(COCC)CC=C(c2nn(C3CCCCO3)cc2C=O)CC1. The Hall–Kier alpha value is -1.50. The van der Waals surface area contributed by atoms with Crippen LogP contribution in [0.4, 0.5) is 0 Å². The van der Waals surface area contributed by atoms with E-state index in [1.54, 1.807) is 0 Å². The van der Waals surface area contributed by atoms with E-state index in [9.17, 15) is 4.79 Å². The number of aromatic nitrogens is 2. The molecule has 0 radical (unpaired) electrons. The van der Waals surface area contributed by atoms with Crippen LogP contribution in [0.25, 0.3) is 5.57 Å². The second-order valence-corrected chi connectivity index (χ2v) is 7.56. The maximum absolute atomic E-state index is 11.6. The summed E-state index contributed by atoms with van der Waals surface area (Å²) in [5.41, 5.74) is 2.62. The van der Waals surface area contributed by atoms with Crippen LogP contribution in [0, 0.1) is 5.41 Å². The van der Waals surface area contributed by atoms with Crippen molar-refractivity contribution in [3.05, 3.63) is 23.5 Å². The van der Waals surface area contributed by atoms with Crippen molar-refractivity contribution in [3.63, 3.8) is 0 Å². The van der Waals surface area contributed by atoms with E-state index in [1.165, 1.54) is 0 Å². The Morgan fingerprint density at radius 2 is 2.07 bits per heavy atom. The lowest BCUT2D eigenvalue weighted by Gasteiger charge is -2.35. The molecular weight excluding hydrogens is 344 g/mol. The molecule has 1 aromatic heterocycles. The monoisotopic (exact) mass is 376 g/mol. The van der Waals surface area contributed by atoms with E-state index in [0.29, 0.717) is 32.0 Å². The third kappa shape index (κ3) is 4.86. The molecule has 1 saturated heterocycles. The molecule has 1 aliphatic carbocycles.